The Morgan fingerprint density at radius 1 is 1.29 bits per heavy atom. The van der Waals surface area contributed by atoms with Gasteiger partial charge in [-0.15, -0.1) is 11.8 Å². The van der Waals surface area contributed by atoms with Gasteiger partial charge < -0.3 is 10.4 Å². The summed E-state index contributed by atoms with van der Waals surface area (Å²) < 4.78 is 36.6. The maximum atomic E-state index is 12.2. The largest absolute Gasteiger partial charge is 0.480 e. The number of alkyl halides is 3. The van der Waals surface area contributed by atoms with E-state index in [-0.39, 0.29) is 5.75 Å². The number of carbonyl (C=O) groups is 2. The summed E-state index contributed by atoms with van der Waals surface area (Å²) in [7, 11) is 0. The number of carboxylic acids is 1. The lowest BCUT2D eigenvalue weighted by Crippen LogP contribution is -2.44. The number of nitrogens with one attached hydrogen (secondary N) is 1. The van der Waals surface area contributed by atoms with E-state index in [0.717, 1.165) is 22.2 Å². The van der Waals surface area contributed by atoms with E-state index in [1.165, 1.54) is 0 Å². The van der Waals surface area contributed by atoms with E-state index in [0.29, 0.717) is 0 Å². The number of halogens is 3. The molecule has 1 aromatic rings. The van der Waals surface area contributed by atoms with Crippen LogP contribution in [0, 0.1) is 6.92 Å². The Kier molecular flexibility index (Phi) is 6.07. The average Bonchev–Trinajstić information content (AvgIpc) is 2.35. The van der Waals surface area contributed by atoms with Crippen LogP contribution in [0.25, 0.3) is 0 Å². The molecule has 1 aromatic carbocycles. The van der Waals surface area contributed by atoms with E-state index >= 15 is 0 Å². The van der Waals surface area contributed by atoms with Crippen LogP contribution in [0.15, 0.2) is 29.2 Å². The average molecular weight is 321 g/mol. The summed E-state index contributed by atoms with van der Waals surface area (Å²) in [5.74, 6) is -2.61. The monoisotopic (exact) mass is 321 g/mol. The van der Waals surface area contributed by atoms with Gasteiger partial charge in [-0.25, -0.2) is 4.79 Å². The summed E-state index contributed by atoms with van der Waals surface area (Å²) in [6.45, 7) is 1.90. The van der Waals surface area contributed by atoms with Crippen LogP contribution in [0.1, 0.15) is 12.0 Å². The van der Waals surface area contributed by atoms with Crippen molar-refractivity contribution >= 4 is 23.6 Å². The van der Waals surface area contributed by atoms with Crippen molar-refractivity contribution in [1.29, 1.82) is 0 Å². The molecule has 1 unspecified atom stereocenters. The van der Waals surface area contributed by atoms with Gasteiger partial charge >= 0.3 is 12.1 Å². The normalized spacial score (nSPS) is 12.8. The molecule has 1 amide bonds. The van der Waals surface area contributed by atoms with Crippen LogP contribution in [0.4, 0.5) is 13.2 Å². The van der Waals surface area contributed by atoms with Gasteiger partial charge in [0.1, 0.15) is 6.04 Å². The second-order valence-corrected chi connectivity index (χ2v) is 5.43. The Morgan fingerprint density at radius 2 is 1.86 bits per heavy atom. The molecular formula is C13H14F3NO3S. The number of hydrogen-bond acceptors (Lipinski definition) is 3. The highest BCUT2D eigenvalue weighted by molar-refractivity contribution is 8.00. The first-order valence-electron chi connectivity index (χ1n) is 5.96. The molecule has 0 aromatic heterocycles. The van der Waals surface area contributed by atoms with Gasteiger partial charge in [-0.05, 0) is 19.1 Å². The first kappa shape index (κ1) is 17.4. The van der Waals surface area contributed by atoms with Crippen molar-refractivity contribution < 1.29 is 27.9 Å². The van der Waals surface area contributed by atoms with E-state index < -0.39 is 30.5 Å². The fraction of sp³-hybridized carbons (Fsp3) is 0.385. The minimum atomic E-state index is -4.65. The lowest BCUT2D eigenvalue weighted by atomic mass is 10.2. The summed E-state index contributed by atoms with van der Waals surface area (Å²) in [5.41, 5.74) is 1.04. The van der Waals surface area contributed by atoms with E-state index in [2.05, 4.69) is 0 Å². The Bertz CT molecular complexity index is 502. The van der Waals surface area contributed by atoms with Gasteiger partial charge in [-0.2, -0.15) is 13.2 Å². The molecule has 0 radical (unpaired) electrons. The summed E-state index contributed by atoms with van der Waals surface area (Å²) in [4.78, 5) is 23.0. The minimum Gasteiger partial charge on any atom is -0.480 e. The van der Waals surface area contributed by atoms with E-state index in [1.54, 1.807) is 12.1 Å². The van der Waals surface area contributed by atoms with Crippen LogP contribution in [0.5, 0.6) is 0 Å². The predicted octanol–water partition coefficient (Wildman–Crippen LogP) is 2.61. The first-order chi connectivity index (χ1) is 9.67. The molecule has 0 spiro atoms. The van der Waals surface area contributed by atoms with Gasteiger partial charge in [0.05, 0.1) is 12.2 Å². The van der Waals surface area contributed by atoms with Crippen molar-refractivity contribution in [3.8, 4) is 0 Å². The number of rotatable bonds is 6. The number of benzene rings is 1. The number of thioether (sulfide) groups is 1. The molecule has 8 heteroatoms. The molecule has 0 saturated carbocycles. The SMILES string of the molecule is Cc1ccc(SCC(=O)NC(CC(F)(F)F)C(=O)O)cc1. The van der Waals surface area contributed by atoms with Crippen molar-refractivity contribution in [1.82, 2.24) is 5.32 Å². The van der Waals surface area contributed by atoms with Gasteiger partial charge in [-0.3, -0.25) is 4.79 Å². The molecule has 0 aliphatic heterocycles. The number of hydrogen-bond donors (Lipinski definition) is 2. The standard InChI is InChI=1S/C13H14F3NO3S/c1-8-2-4-9(5-3-8)21-7-11(18)17-10(12(19)20)6-13(14,15)16/h2-5,10H,6-7H2,1H3,(H,17,18)(H,19,20). The Hall–Kier alpha value is -1.70. The number of amides is 1. The van der Waals surface area contributed by atoms with Gasteiger partial charge in [0.2, 0.25) is 5.91 Å². The van der Waals surface area contributed by atoms with Crippen molar-refractivity contribution in [3.63, 3.8) is 0 Å². The highest BCUT2D eigenvalue weighted by atomic mass is 32.2. The highest BCUT2D eigenvalue weighted by Crippen LogP contribution is 2.22. The van der Waals surface area contributed by atoms with Crippen LogP contribution in [0.3, 0.4) is 0 Å². The molecule has 2 N–H and O–H groups in total. The zero-order chi connectivity index (χ0) is 16.0. The number of carboxylic acid groups (broad SMARTS) is 1. The summed E-state index contributed by atoms with van der Waals surface area (Å²) in [6, 6.07) is 5.26. The smallest absolute Gasteiger partial charge is 0.391 e. The fourth-order valence-corrected chi connectivity index (χ4v) is 2.16. The van der Waals surface area contributed by atoms with Crippen LogP contribution < -0.4 is 5.32 Å². The molecule has 0 heterocycles. The second-order valence-electron chi connectivity index (χ2n) is 4.38. The Balaban J connectivity index is 2.50. The zero-order valence-corrected chi connectivity index (χ0v) is 11.9. The molecule has 21 heavy (non-hydrogen) atoms. The second kappa shape index (κ2) is 7.35. The van der Waals surface area contributed by atoms with Gasteiger partial charge in [0.25, 0.3) is 0 Å². The van der Waals surface area contributed by atoms with Crippen LogP contribution in [0.2, 0.25) is 0 Å². The molecule has 116 valence electrons. The number of carbonyl (C=O) groups excluding carboxylic acids is 1. The van der Waals surface area contributed by atoms with E-state index in [9.17, 15) is 22.8 Å². The van der Waals surface area contributed by atoms with Crippen molar-refractivity contribution in [3.05, 3.63) is 29.8 Å². The molecule has 1 rings (SSSR count). The van der Waals surface area contributed by atoms with Gasteiger partial charge in [-0.1, -0.05) is 17.7 Å². The van der Waals surface area contributed by atoms with Crippen LogP contribution in [-0.4, -0.2) is 35.0 Å². The van der Waals surface area contributed by atoms with Gasteiger partial charge in [0.15, 0.2) is 0 Å². The summed E-state index contributed by atoms with van der Waals surface area (Å²) in [5, 5.41) is 10.6. The molecule has 1 atom stereocenters. The molecule has 0 saturated heterocycles. The maximum absolute atomic E-state index is 12.2. The first-order valence-corrected chi connectivity index (χ1v) is 6.94. The van der Waals surface area contributed by atoms with Crippen molar-refractivity contribution in [2.24, 2.45) is 0 Å². The summed E-state index contributed by atoms with van der Waals surface area (Å²) in [6.07, 6.45) is -6.25. The zero-order valence-electron chi connectivity index (χ0n) is 11.1. The maximum Gasteiger partial charge on any atom is 0.391 e. The fourth-order valence-electron chi connectivity index (χ4n) is 1.45. The molecular weight excluding hydrogens is 307 g/mol. The van der Waals surface area contributed by atoms with Crippen molar-refractivity contribution in [2.45, 2.75) is 30.5 Å². The molecule has 0 aliphatic carbocycles. The predicted molar refractivity (Wildman–Crippen MR) is 72.1 cm³/mol. The topological polar surface area (TPSA) is 66.4 Å². The van der Waals surface area contributed by atoms with Crippen LogP contribution in [-0.2, 0) is 9.59 Å². The quantitative estimate of drug-likeness (QED) is 0.791. The third-order valence-corrected chi connectivity index (χ3v) is 3.47. The molecule has 0 aliphatic rings. The Labute approximate surface area is 123 Å². The molecule has 0 fully saturated rings. The minimum absolute atomic E-state index is 0.148. The third kappa shape index (κ3) is 7.03. The third-order valence-electron chi connectivity index (χ3n) is 2.46. The van der Waals surface area contributed by atoms with Crippen LogP contribution >= 0.6 is 11.8 Å². The number of aliphatic carboxylic acids is 1. The lowest BCUT2D eigenvalue weighted by Gasteiger charge is -2.16. The van der Waals surface area contributed by atoms with Gasteiger partial charge in [0, 0.05) is 4.90 Å². The van der Waals surface area contributed by atoms with E-state index in [1.807, 2.05) is 24.4 Å². The lowest BCUT2D eigenvalue weighted by molar-refractivity contribution is -0.159. The van der Waals surface area contributed by atoms with E-state index in [4.69, 9.17) is 5.11 Å². The molecule has 0 bridgehead atoms. The number of aryl methyl sites for hydroxylation is 1. The van der Waals surface area contributed by atoms with Crippen molar-refractivity contribution in [2.75, 3.05) is 5.75 Å². The highest BCUT2D eigenvalue weighted by Gasteiger charge is 2.36. The molecule has 4 nitrogen and oxygen atoms in total. The summed E-state index contributed by atoms with van der Waals surface area (Å²) >= 11 is 1.12. The Morgan fingerprint density at radius 3 is 2.33 bits per heavy atom.